The summed E-state index contributed by atoms with van der Waals surface area (Å²) in [6, 6.07) is 16.8. The third-order valence-corrected chi connectivity index (χ3v) is 7.38. The van der Waals surface area contributed by atoms with E-state index in [9.17, 15) is 22.8 Å². The van der Waals surface area contributed by atoms with Crippen molar-refractivity contribution in [3.8, 4) is 0 Å². The molecular formula is C24H19Cl2N3O5S. The molecular weight excluding hydrogens is 513 g/mol. The molecule has 8 nitrogen and oxygen atoms in total. The highest BCUT2D eigenvalue weighted by molar-refractivity contribution is 7.92. The SMILES string of the molecule is O=C(CCCN1C(=O)c2ccccc2C1=O)Nc1ccc(Cl)c(S(=O)(=O)Nc2ccc(Cl)cc2)c1. The zero-order valence-electron chi connectivity index (χ0n) is 18.1. The van der Waals surface area contributed by atoms with Crippen molar-refractivity contribution in [3.05, 3.63) is 87.9 Å². The predicted molar refractivity (Wildman–Crippen MR) is 133 cm³/mol. The van der Waals surface area contributed by atoms with Gasteiger partial charge in [0.1, 0.15) is 4.90 Å². The van der Waals surface area contributed by atoms with Crippen LogP contribution in [0.25, 0.3) is 0 Å². The van der Waals surface area contributed by atoms with E-state index in [4.69, 9.17) is 23.2 Å². The summed E-state index contributed by atoms with van der Waals surface area (Å²) in [5.41, 5.74) is 1.23. The van der Waals surface area contributed by atoms with Crippen LogP contribution in [0.4, 0.5) is 11.4 Å². The monoisotopic (exact) mass is 531 g/mol. The number of imide groups is 1. The Hall–Kier alpha value is -3.40. The third kappa shape index (κ3) is 5.48. The van der Waals surface area contributed by atoms with E-state index in [1.54, 1.807) is 36.4 Å². The molecule has 0 fully saturated rings. The molecule has 0 atom stereocenters. The number of nitrogens with one attached hydrogen (secondary N) is 2. The second kappa shape index (κ2) is 10.1. The van der Waals surface area contributed by atoms with Crippen LogP contribution < -0.4 is 10.0 Å². The van der Waals surface area contributed by atoms with Gasteiger partial charge in [-0.05, 0) is 61.0 Å². The van der Waals surface area contributed by atoms with Crippen LogP contribution in [0.5, 0.6) is 0 Å². The van der Waals surface area contributed by atoms with Crippen molar-refractivity contribution in [2.24, 2.45) is 0 Å². The van der Waals surface area contributed by atoms with E-state index in [-0.39, 0.29) is 46.8 Å². The number of benzene rings is 3. The van der Waals surface area contributed by atoms with Crippen LogP contribution in [0.1, 0.15) is 33.6 Å². The Morgan fingerprint density at radius 2 is 1.46 bits per heavy atom. The molecule has 0 radical (unpaired) electrons. The Morgan fingerprint density at radius 1 is 0.857 bits per heavy atom. The highest BCUT2D eigenvalue weighted by atomic mass is 35.5. The molecule has 0 bridgehead atoms. The Kier molecular flexibility index (Phi) is 7.11. The van der Waals surface area contributed by atoms with Crippen molar-refractivity contribution in [2.75, 3.05) is 16.6 Å². The number of hydrogen-bond donors (Lipinski definition) is 2. The van der Waals surface area contributed by atoms with E-state index >= 15 is 0 Å². The van der Waals surface area contributed by atoms with Crippen molar-refractivity contribution in [1.82, 2.24) is 4.90 Å². The highest BCUT2D eigenvalue weighted by Gasteiger charge is 2.34. The molecule has 2 N–H and O–H groups in total. The molecule has 0 aliphatic carbocycles. The van der Waals surface area contributed by atoms with Gasteiger partial charge in [-0.15, -0.1) is 0 Å². The lowest BCUT2D eigenvalue weighted by atomic mass is 10.1. The number of hydrogen-bond acceptors (Lipinski definition) is 5. The molecule has 1 aliphatic heterocycles. The van der Waals surface area contributed by atoms with Gasteiger partial charge in [0, 0.05) is 29.4 Å². The molecule has 0 unspecified atom stereocenters. The van der Waals surface area contributed by atoms with Gasteiger partial charge in [-0.2, -0.15) is 0 Å². The van der Waals surface area contributed by atoms with Crippen LogP contribution in [0.15, 0.2) is 71.6 Å². The minimum Gasteiger partial charge on any atom is -0.326 e. The van der Waals surface area contributed by atoms with E-state index in [2.05, 4.69) is 10.0 Å². The number of rotatable bonds is 8. The average molecular weight is 532 g/mol. The van der Waals surface area contributed by atoms with Crippen LogP contribution in [0, 0.1) is 0 Å². The number of halogens is 2. The van der Waals surface area contributed by atoms with E-state index in [1.165, 1.54) is 30.3 Å². The first kappa shape index (κ1) is 24.7. The van der Waals surface area contributed by atoms with Crippen molar-refractivity contribution in [1.29, 1.82) is 0 Å². The molecule has 1 aliphatic rings. The maximum absolute atomic E-state index is 12.8. The standard InChI is InChI=1S/C24H19Cl2N3O5S/c25-15-7-9-16(10-8-15)28-35(33,34)21-14-17(11-12-20(21)26)27-22(30)6-3-13-29-23(31)18-4-1-2-5-19(18)24(29)32/h1-2,4-5,7-12,14,28H,3,6,13H2,(H,27,30). The fourth-order valence-corrected chi connectivity index (χ4v) is 5.29. The summed E-state index contributed by atoms with van der Waals surface area (Å²) in [6.07, 6.45) is 0.259. The van der Waals surface area contributed by atoms with Crippen molar-refractivity contribution < 1.29 is 22.8 Å². The fraction of sp³-hybridized carbons (Fsp3) is 0.125. The van der Waals surface area contributed by atoms with E-state index in [1.807, 2.05) is 0 Å². The van der Waals surface area contributed by atoms with Crippen molar-refractivity contribution in [2.45, 2.75) is 17.7 Å². The first-order valence-corrected chi connectivity index (χ1v) is 12.7. The minimum absolute atomic E-state index is 0.0150. The average Bonchev–Trinajstić information content (AvgIpc) is 3.06. The number of carbonyl (C=O) groups excluding carboxylic acids is 3. The van der Waals surface area contributed by atoms with Crippen molar-refractivity contribution in [3.63, 3.8) is 0 Å². The summed E-state index contributed by atoms with van der Waals surface area (Å²) in [6.45, 7) is 0.0883. The summed E-state index contributed by atoms with van der Waals surface area (Å²) in [4.78, 5) is 38.1. The largest absolute Gasteiger partial charge is 0.326 e. The first-order valence-electron chi connectivity index (χ1n) is 10.5. The highest BCUT2D eigenvalue weighted by Crippen LogP contribution is 2.28. The Balaban J connectivity index is 1.37. The second-order valence-corrected chi connectivity index (χ2v) is 10.2. The predicted octanol–water partition coefficient (Wildman–Crippen LogP) is 4.81. The zero-order chi connectivity index (χ0) is 25.2. The molecule has 3 aromatic rings. The molecule has 0 saturated heterocycles. The number of anilines is 2. The van der Waals surface area contributed by atoms with E-state index < -0.39 is 15.9 Å². The number of fused-ring (bicyclic) bond motifs is 1. The molecule has 35 heavy (non-hydrogen) atoms. The quantitative estimate of drug-likeness (QED) is 0.405. The van der Waals surface area contributed by atoms with Gasteiger partial charge in [-0.25, -0.2) is 8.42 Å². The van der Waals surface area contributed by atoms with Gasteiger partial charge in [0.2, 0.25) is 5.91 Å². The van der Waals surface area contributed by atoms with Gasteiger partial charge in [-0.3, -0.25) is 24.0 Å². The smallest absolute Gasteiger partial charge is 0.263 e. The van der Waals surface area contributed by atoms with Crippen LogP contribution in [-0.4, -0.2) is 37.6 Å². The van der Waals surface area contributed by atoms with Gasteiger partial charge >= 0.3 is 0 Å². The summed E-state index contributed by atoms with van der Waals surface area (Å²) < 4.78 is 28.0. The molecule has 11 heteroatoms. The topological polar surface area (TPSA) is 113 Å². The molecule has 3 amide bonds. The lowest BCUT2D eigenvalue weighted by Crippen LogP contribution is -2.31. The van der Waals surface area contributed by atoms with Crippen LogP contribution in [0.2, 0.25) is 10.0 Å². The number of amides is 3. The Labute approximate surface area is 211 Å². The molecule has 0 aromatic heterocycles. The first-order chi connectivity index (χ1) is 16.7. The second-order valence-electron chi connectivity index (χ2n) is 7.72. The molecule has 0 saturated carbocycles. The molecule has 180 valence electrons. The lowest BCUT2D eigenvalue weighted by molar-refractivity contribution is -0.116. The van der Waals surface area contributed by atoms with E-state index in [0.717, 1.165) is 4.90 Å². The summed E-state index contributed by atoms with van der Waals surface area (Å²) in [5, 5.41) is 3.06. The van der Waals surface area contributed by atoms with Gasteiger partial charge in [0.05, 0.1) is 16.1 Å². The maximum Gasteiger partial charge on any atom is 0.263 e. The van der Waals surface area contributed by atoms with Crippen LogP contribution in [-0.2, 0) is 14.8 Å². The lowest BCUT2D eigenvalue weighted by Gasteiger charge is -2.14. The van der Waals surface area contributed by atoms with Gasteiger partial charge < -0.3 is 5.32 Å². The zero-order valence-corrected chi connectivity index (χ0v) is 20.5. The molecule has 4 rings (SSSR count). The van der Waals surface area contributed by atoms with Gasteiger partial charge in [0.25, 0.3) is 21.8 Å². The van der Waals surface area contributed by atoms with E-state index in [0.29, 0.717) is 21.8 Å². The number of nitrogens with zero attached hydrogens (tertiary/aromatic N) is 1. The Morgan fingerprint density at radius 3 is 2.09 bits per heavy atom. The molecule has 0 spiro atoms. The normalized spacial score (nSPS) is 13.0. The van der Waals surface area contributed by atoms with Crippen LogP contribution in [0.3, 0.4) is 0 Å². The van der Waals surface area contributed by atoms with Crippen LogP contribution >= 0.6 is 23.2 Å². The fourth-order valence-electron chi connectivity index (χ4n) is 3.58. The van der Waals surface area contributed by atoms with Crippen molar-refractivity contribution >= 4 is 62.3 Å². The summed E-state index contributed by atoms with van der Waals surface area (Å²) in [5.74, 6) is -1.17. The Bertz CT molecular complexity index is 1390. The summed E-state index contributed by atoms with van der Waals surface area (Å²) >= 11 is 11.9. The number of carbonyl (C=O) groups is 3. The van der Waals surface area contributed by atoms with Gasteiger partial charge in [-0.1, -0.05) is 35.3 Å². The minimum atomic E-state index is -4.04. The third-order valence-electron chi connectivity index (χ3n) is 5.26. The maximum atomic E-state index is 12.8. The molecule has 3 aromatic carbocycles. The number of sulfonamides is 1. The summed E-state index contributed by atoms with van der Waals surface area (Å²) in [7, 11) is -4.04. The molecule has 1 heterocycles. The van der Waals surface area contributed by atoms with Gasteiger partial charge in [0.15, 0.2) is 0 Å².